The number of hydrogen-bond donors (Lipinski definition) is 2. The van der Waals surface area contributed by atoms with E-state index in [0.29, 0.717) is 12.1 Å². The molecule has 0 aliphatic carbocycles. The van der Waals surface area contributed by atoms with Crippen LogP contribution in [0.5, 0.6) is 0 Å². The fraction of sp³-hybridized carbons (Fsp3) is 0.182. The Labute approximate surface area is 167 Å². The van der Waals surface area contributed by atoms with Crippen LogP contribution in [0.3, 0.4) is 0 Å². The van der Waals surface area contributed by atoms with Crippen LogP contribution >= 0.6 is 11.6 Å². The lowest BCUT2D eigenvalue weighted by atomic mass is 10.1. The number of hydrogen-bond acceptors (Lipinski definition) is 3. The minimum atomic E-state index is -0.0964. The number of carbonyl (C=O) groups excluding carboxylic acids is 1. The largest absolute Gasteiger partial charge is 0.361 e. The topological polar surface area (TPSA) is 70.9 Å². The summed E-state index contributed by atoms with van der Waals surface area (Å²) in [6.07, 6.45) is 1.54. The predicted molar refractivity (Wildman–Crippen MR) is 110 cm³/mol. The van der Waals surface area contributed by atoms with Gasteiger partial charge in [-0.15, -0.1) is 0 Å². The molecular formula is C22H20ClN3O2. The lowest BCUT2D eigenvalue weighted by Crippen LogP contribution is -2.22. The van der Waals surface area contributed by atoms with E-state index in [1.54, 1.807) is 12.1 Å². The minimum absolute atomic E-state index is 0.0964. The molecule has 4 aromatic rings. The number of nitrogens with one attached hydrogen (secondary N) is 2. The molecule has 4 rings (SSSR count). The molecule has 2 N–H and O–H groups in total. The number of halogens is 1. The molecule has 142 valence electrons. The summed E-state index contributed by atoms with van der Waals surface area (Å²) in [5.41, 5.74) is 4.55. The van der Waals surface area contributed by atoms with E-state index in [9.17, 15) is 4.79 Å². The van der Waals surface area contributed by atoms with Crippen molar-refractivity contribution in [2.75, 3.05) is 0 Å². The van der Waals surface area contributed by atoms with Gasteiger partial charge in [0.05, 0.1) is 12.2 Å². The van der Waals surface area contributed by atoms with Gasteiger partial charge in [-0.3, -0.25) is 4.79 Å². The molecule has 5 nitrogen and oxygen atoms in total. The highest BCUT2D eigenvalue weighted by Crippen LogP contribution is 2.26. The average molecular weight is 394 g/mol. The van der Waals surface area contributed by atoms with E-state index >= 15 is 0 Å². The normalized spacial score (nSPS) is 11.1. The Morgan fingerprint density at radius 3 is 2.71 bits per heavy atom. The van der Waals surface area contributed by atoms with E-state index in [0.717, 1.165) is 51.5 Å². The van der Waals surface area contributed by atoms with Crippen LogP contribution in [0.1, 0.15) is 33.1 Å². The second kappa shape index (κ2) is 7.90. The number of nitrogens with zero attached hydrogens (tertiary/aromatic N) is 1. The number of aromatic nitrogens is 2. The van der Waals surface area contributed by atoms with Crippen LogP contribution in [0.15, 0.2) is 59.1 Å². The molecule has 0 atom stereocenters. The van der Waals surface area contributed by atoms with E-state index < -0.39 is 0 Å². The van der Waals surface area contributed by atoms with Crippen LogP contribution in [0.4, 0.5) is 0 Å². The van der Waals surface area contributed by atoms with Crippen LogP contribution in [-0.4, -0.2) is 16.0 Å². The minimum Gasteiger partial charge on any atom is -0.361 e. The molecule has 0 aliphatic rings. The van der Waals surface area contributed by atoms with Gasteiger partial charge in [-0.1, -0.05) is 35.0 Å². The van der Waals surface area contributed by atoms with Crippen molar-refractivity contribution >= 4 is 28.4 Å². The lowest BCUT2D eigenvalue weighted by Gasteiger charge is -2.04. The summed E-state index contributed by atoms with van der Waals surface area (Å²) in [4.78, 5) is 15.6. The van der Waals surface area contributed by atoms with E-state index in [4.69, 9.17) is 16.1 Å². The van der Waals surface area contributed by atoms with Crippen molar-refractivity contribution in [2.45, 2.75) is 26.3 Å². The van der Waals surface area contributed by atoms with Crippen molar-refractivity contribution in [2.24, 2.45) is 0 Å². The molecule has 0 fully saturated rings. The first-order chi connectivity index (χ1) is 13.6. The molecule has 0 unspecified atom stereocenters. The quantitative estimate of drug-likeness (QED) is 0.492. The summed E-state index contributed by atoms with van der Waals surface area (Å²) in [6, 6.07) is 17.1. The first-order valence-corrected chi connectivity index (χ1v) is 9.52. The van der Waals surface area contributed by atoms with Gasteiger partial charge in [0, 0.05) is 33.2 Å². The summed E-state index contributed by atoms with van der Waals surface area (Å²) in [5.74, 6) is 0.712. The third-order valence-electron chi connectivity index (χ3n) is 4.65. The predicted octanol–water partition coefficient (Wildman–Crippen LogP) is 4.83. The zero-order valence-electron chi connectivity index (χ0n) is 15.5. The number of fused-ring (bicyclic) bond motifs is 1. The van der Waals surface area contributed by atoms with Gasteiger partial charge in [-0.2, -0.15) is 0 Å². The number of aromatic amines is 1. The summed E-state index contributed by atoms with van der Waals surface area (Å²) in [7, 11) is 0. The van der Waals surface area contributed by atoms with Crippen molar-refractivity contribution in [3.63, 3.8) is 0 Å². The van der Waals surface area contributed by atoms with E-state index in [1.807, 2.05) is 43.3 Å². The third kappa shape index (κ3) is 4.10. The van der Waals surface area contributed by atoms with E-state index in [2.05, 4.69) is 21.5 Å². The van der Waals surface area contributed by atoms with Crippen LogP contribution < -0.4 is 5.32 Å². The number of rotatable bonds is 6. The maximum atomic E-state index is 12.2. The molecular weight excluding hydrogens is 374 g/mol. The smallest absolute Gasteiger partial charge is 0.251 e. The van der Waals surface area contributed by atoms with Crippen LogP contribution in [0.25, 0.3) is 10.9 Å². The highest BCUT2D eigenvalue weighted by atomic mass is 35.5. The number of H-pyrrole nitrogens is 1. The second-order valence-electron chi connectivity index (χ2n) is 6.80. The number of amides is 1. The Hall–Kier alpha value is -3.05. The molecule has 0 aliphatic heterocycles. The molecule has 2 aromatic heterocycles. The zero-order valence-corrected chi connectivity index (χ0v) is 16.2. The molecule has 0 saturated carbocycles. The fourth-order valence-corrected chi connectivity index (χ4v) is 3.48. The van der Waals surface area contributed by atoms with E-state index in [-0.39, 0.29) is 5.91 Å². The van der Waals surface area contributed by atoms with Crippen LogP contribution in [0, 0.1) is 6.92 Å². The summed E-state index contributed by atoms with van der Waals surface area (Å²) in [5, 5.41) is 8.71. The maximum absolute atomic E-state index is 12.2. The summed E-state index contributed by atoms with van der Waals surface area (Å²) >= 11 is 6.46. The van der Waals surface area contributed by atoms with Gasteiger partial charge in [0.15, 0.2) is 0 Å². The SMILES string of the molecule is Cc1cc(CCc2cc3[nH]c(CNC(=O)c4ccccc4)cc3cc2Cl)no1. The first-order valence-electron chi connectivity index (χ1n) is 9.14. The standard InChI is InChI=1S/C22H20ClN3O2/c1-14-9-18(26-28-14)8-7-16-12-21-17(11-20(16)23)10-19(25-21)13-24-22(27)15-5-3-2-4-6-15/h2-6,9-12,25H,7-8,13H2,1H3,(H,24,27). The fourth-order valence-electron chi connectivity index (χ4n) is 3.21. The molecule has 0 bridgehead atoms. The Kier molecular flexibility index (Phi) is 5.17. The van der Waals surface area contributed by atoms with E-state index in [1.165, 1.54) is 0 Å². The molecule has 0 saturated heterocycles. The van der Waals surface area contributed by atoms with Gasteiger partial charge >= 0.3 is 0 Å². The first kappa shape index (κ1) is 18.3. The molecule has 6 heteroatoms. The molecule has 0 radical (unpaired) electrons. The number of benzene rings is 2. The van der Waals surface area contributed by atoms with Gasteiger partial charge in [0.2, 0.25) is 0 Å². The highest BCUT2D eigenvalue weighted by Gasteiger charge is 2.10. The Balaban J connectivity index is 1.45. The van der Waals surface area contributed by atoms with Crippen molar-refractivity contribution < 1.29 is 9.32 Å². The molecule has 2 aromatic carbocycles. The molecule has 28 heavy (non-hydrogen) atoms. The maximum Gasteiger partial charge on any atom is 0.251 e. The average Bonchev–Trinajstić information content (AvgIpc) is 3.30. The number of aryl methyl sites for hydroxylation is 3. The van der Waals surface area contributed by atoms with Crippen molar-refractivity contribution in [3.05, 3.63) is 87.9 Å². The molecule has 2 heterocycles. The lowest BCUT2D eigenvalue weighted by molar-refractivity contribution is 0.0950. The Morgan fingerprint density at radius 2 is 1.96 bits per heavy atom. The van der Waals surface area contributed by atoms with Crippen molar-refractivity contribution in [3.8, 4) is 0 Å². The number of carbonyl (C=O) groups is 1. The second-order valence-corrected chi connectivity index (χ2v) is 7.21. The van der Waals surface area contributed by atoms with Gasteiger partial charge < -0.3 is 14.8 Å². The van der Waals surface area contributed by atoms with Crippen molar-refractivity contribution in [1.82, 2.24) is 15.5 Å². The zero-order chi connectivity index (χ0) is 19.5. The monoisotopic (exact) mass is 393 g/mol. The Morgan fingerprint density at radius 1 is 1.14 bits per heavy atom. The molecule has 0 spiro atoms. The summed E-state index contributed by atoms with van der Waals surface area (Å²) in [6.45, 7) is 2.31. The Bertz CT molecular complexity index is 1120. The third-order valence-corrected chi connectivity index (χ3v) is 5.00. The summed E-state index contributed by atoms with van der Waals surface area (Å²) < 4.78 is 5.11. The van der Waals surface area contributed by atoms with Crippen LogP contribution in [0.2, 0.25) is 5.02 Å². The van der Waals surface area contributed by atoms with Gasteiger partial charge in [0.1, 0.15) is 5.76 Å². The van der Waals surface area contributed by atoms with Crippen LogP contribution in [-0.2, 0) is 19.4 Å². The molecule has 1 amide bonds. The highest BCUT2D eigenvalue weighted by molar-refractivity contribution is 6.32. The van der Waals surface area contributed by atoms with Crippen molar-refractivity contribution in [1.29, 1.82) is 0 Å². The van der Waals surface area contributed by atoms with Gasteiger partial charge in [-0.25, -0.2) is 0 Å². The van der Waals surface area contributed by atoms with Gasteiger partial charge in [0.25, 0.3) is 5.91 Å². The van der Waals surface area contributed by atoms with Gasteiger partial charge in [-0.05, 0) is 55.7 Å².